The Labute approximate surface area is 203 Å². The predicted molar refractivity (Wildman–Crippen MR) is 129 cm³/mol. The van der Waals surface area contributed by atoms with Gasteiger partial charge in [-0.15, -0.1) is 0 Å². The molecule has 0 fully saturated rings. The maximum absolute atomic E-state index is 13.1. The highest BCUT2D eigenvalue weighted by Crippen LogP contribution is 2.28. The Morgan fingerprint density at radius 1 is 1.03 bits per heavy atom. The number of aromatic hydroxyl groups is 1. The normalized spacial score (nSPS) is 12.7. The van der Waals surface area contributed by atoms with Crippen molar-refractivity contribution >= 4 is 28.8 Å². The van der Waals surface area contributed by atoms with Gasteiger partial charge in [0, 0.05) is 23.4 Å². The summed E-state index contributed by atoms with van der Waals surface area (Å²) in [6.45, 7) is 5.34. The molecule has 2 atom stereocenters. The molecule has 0 radical (unpaired) electrons. The number of esters is 1. The van der Waals surface area contributed by atoms with Gasteiger partial charge in [-0.3, -0.25) is 9.59 Å². The summed E-state index contributed by atoms with van der Waals surface area (Å²) in [6.07, 6.45) is 0.155. The molecular weight excluding hydrogens is 452 g/mol. The molecule has 2 aromatic carbocycles. The second-order valence-electron chi connectivity index (χ2n) is 8.57. The summed E-state index contributed by atoms with van der Waals surface area (Å²) < 4.78 is 15.8. The van der Waals surface area contributed by atoms with Crippen LogP contribution in [0.4, 0.5) is 0 Å². The third-order valence-corrected chi connectivity index (χ3v) is 5.77. The molecule has 2 amide bonds. The fourth-order valence-electron chi connectivity index (χ4n) is 3.76. The van der Waals surface area contributed by atoms with Crippen molar-refractivity contribution in [2.24, 2.45) is 5.92 Å². The first kappa shape index (κ1) is 25.6. The van der Waals surface area contributed by atoms with E-state index in [1.165, 1.54) is 19.2 Å². The van der Waals surface area contributed by atoms with Crippen LogP contribution in [-0.2, 0) is 20.7 Å². The highest BCUT2D eigenvalue weighted by Gasteiger charge is 2.31. The van der Waals surface area contributed by atoms with E-state index in [0.29, 0.717) is 16.9 Å². The number of methoxy groups -OCH3 is 2. The maximum Gasteiger partial charge on any atom is 0.328 e. The zero-order valence-corrected chi connectivity index (χ0v) is 20.4. The van der Waals surface area contributed by atoms with Gasteiger partial charge in [-0.1, -0.05) is 26.0 Å². The van der Waals surface area contributed by atoms with Gasteiger partial charge in [0.15, 0.2) is 5.76 Å². The van der Waals surface area contributed by atoms with Crippen LogP contribution in [0.2, 0.25) is 0 Å². The minimum Gasteiger partial charge on any atom is -0.508 e. The third-order valence-electron chi connectivity index (χ3n) is 5.77. The number of phenols is 1. The lowest BCUT2D eigenvalue weighted by Gasteiger charge is -2.24. The molecule has 3 rings (SSSR count). The maximum atomic E-state index is 13.1. The number of fused-ring (bicyclic) bond motifs is 1. The van der Waals surface area contributed by atoms with Crippen molar-refractivity contribution in [1.82, 2.24) is 10.6 Å². The highest BCUT2D eigenvalue weighted by atomic mass is 16.5. The fraction of sp³-hybridized carbons (Fsp3) is 0.346. The molecule has 35 heavy (non-hydrogen) atoms. The largest absolute Gasteiger partial charge is 0.508 e. The summed E-state index contributed by atoms with van der Waals surface area (Å²) in [4.78, 5) is 38.6. The molecule has 9 heteroatoms. The summed E-state index contributed by atoms with van der Waals surface area (Å²) in [5, 5.41) is 15.7. The summed E-state index contributed by atoms with van der Waals surface area (Å²) in [7, 11) is 2.78. The van der Waals surface area contributed by atoms with Crippen LogP contribution in [0, 0.1) is 12.8 Å². The van der Waals surface area contributed by atoms with Crippen molar-refractivity contribution in [2.45, 2.75) is 39.3 Å². The Morgan fingerprint density at radius 3 is 2.31 bits per heavy atom. The number of rotatable bonds is 9. The van der Waals surface area contributed by atoms with Crippen molar-refractivity contribution < 1.29 is 33.4 Å². The summed E-state index contributed by atoms with van der Waals surface area (Å²) in [6, 6.07) is 9.65. The van der Waals surface area contributed by atoms with Crippen molar-refractivity contribution in [1.29, 1.82) is 0 Å². The van der Waals surface area contributed by atoms with Gasteiger partial charge in [-0.25, -0.2) is 4.79 Å². The molecule has 0 unspecified atom stereocenters. The van der Waals surface area contributed by atoms with Gasteiger partial charge >= 0.3 is 5.97 Å². The summed E-state index contributed by atoms with van der Waals surface area (Å²) >= 11 is 0. The van der Waals surface area contributed by atoms with E-state index < -0.39 is 29.9 Å². The zero-order valence-electron chi connectivity index (χ0n) is 20.4. The summed E-state index contributed by atoms with van der Waals surface area (Å²) in [5.74, 6) is -1.19. The van der Waals surface area contributed by atoms with Crippen LogP contribution in [-0.4, -0.2) is 49.2 Å². The zero-order chi connectivity index (χ0) is 25.7. The summed E-state index contributed by atoms with van der Waals surface area (Å²) in [5.41, 5.74) is 1.86. The molecule has 0 aliphatic rings. The Hall–Kier alpha value is -4.01. The third kappa shape index (κ3) is 5.92. The molecule has 0 spiro atoms. The minimum absolute atomic E-state index is 0.0920. The Bertz CT molecular complexity index is 1210. The van der Waals surface area contributed by atoms with Gasteiger partial charge in [0.25, 0.3) is 5.91 Å². The lowest BCUT2D eigenvalue weighted by atomic mass is 10.0. The van der Waals surface area contributed by atoms with Gasteiger partial charge in [0.05, 0.1) is 14.2 Å². The number of aryl methyl sites for hydroxylation is 1. The van der Waals surface area contributed by atoms with Gasteiger partial charge < -0.3 is 29.6 Å². The van der Waals surface area contributed by atoms with E-state index in [-0.39, 0.29) is 23.8 Å². The lowest BCUT2D eigenvalue weighted by molar-refractivity contribution is -0.145. The van der Waals surface area contributed by atoms with Gasteiger partial charge in [0.2, 0.25) is 5.91 Å². The number of carbonyl (C=O) groups excluding carboxylic acids is 3. The number of furan rings is 1. The average Bonchev–Trinajstić information content (AvgIpc) is 3.18. The average molecular weight is 483 g/mol. The minimum atomic E-state index is -0.976. The van der Waals surface area contributed by atoms with E-state index in [9.17, 15) is 19.5 Å². The lowest BCUT2D eigenvalue weighted by Crippen LogP contribution is -2.54. The standard InChI is InChI=1S/C26H30N2O7/c1-14(2)22(24(30)27-20(26(32)34-5)12-16-6-8-17(29)9-7-16)28-25(31)23-15(3)19-11-10-18(33-4)13-21(19)35-23/h6-11,13-14,20,22,29H,12H2,1-5H3,(H,27,30)(H,28,31)/t20-,22+/m1/s1. The number of amides is 2. The van der Waals surface area contributed by atoms with Crippen LogP contribution in [0.5, 0.6) is 11.5 Å². The first-order chi connectivity index (χ1) is 16.6. The second kappa shape index (κ2) is 10.9. The van der Waals surface area contributed by atoms with E-state index in [1.54, 1.807) is 58.2 Å². The van der Waals surface area contributed by atoms with Crippen LogP contribution in [0.25, 0.3) is 11.0 Å². The number of phenolic OH excluding ortho intramolecular Hbond substituents is 1. The predicted octanol–water partition coefficient (Wildman–Crippen LogP) is 3.11. The van der Waals surface area contributed by atoms with Crippen LogP contribution in [0.15, 0.2) is 46.9 Å². The molecular formula is C26H30N2O7. The van der Waals surface area contributed by atoms with Crippen molar-refractivity contribution in [3.8, 4) is 11.5 Å². The van der Waals surface area contributed by atoms with Crippen molar-refractivity contribution in [3.63, 3.8) is 0 Å². The van der Waals surface area contributed by atoms with E-state index in [2.05, 4.69) is 10.6 Å². The first-order valence-electron chi connectivity index (χ1n) is 11.2. The molecule has 0 aliphatic carbocycles. The van der Waals surface area contributed by atoms with Crippen LogP contribution in [0.1, 0.15) is 35.5 Å². The van der Waals surface area contributed by atoms with Gasteiger partial charge in [0.1, 0.15) is 29.2 Å². The SMILES string of the molecule is COC(=O)[C@@H](Cc1ccc(O)cc1)NC(=O)[C@@H](NC(=O)c1oc2cc(OC)ccc2c1C)C(C)C. The van der Waals surface area contributed by atoms with Crippen molar-refractivity contribution in [3.05, 3.63) is 59.4 Å². The molecule has 186 valence electrons. The molecule has 0 saturated heterocycles. The van der Waals surface area contributed by atoms with E-state index >= 15 is 0 Å². The van der Waals surface area contributed by atoms with E-state index in [1.807, 2.05) is 0 Å². The molecule has 9 nitrogen and oxygen atoms in total. The number of benzene rings is 2. The number of hydrogen-bond acceptors (Lipinski definition) is 7. The molecule has 0 aliphatic heterocycles. The van der Waals surface area contributed by atoms with Crippen LogP contribution < -0.4 is 15.4 Å². The quantitative estimate of drug-likeness (QED) is 0.400. The molecule has 1 heterocycles. The van der Waals surface area contributed by atoms with Crippen LogP contribution in [0.3, 0.4) is 0 Å². The van der Waals surface area contributed by atoms with Gasteiger partial charge in [-0.05, 0) is 42.7 Å². The number of nitrogens with one attached hydrogen (secondary N) is 2. The fourth-order valence-corrected chi connectivity index (χ4v) is 3.76. The van der Waals surface area contributed by atoms with E-state index in [0.717, 1.165) is 10.9 Å². The molecule has 1 aromatic heterocycles. The number of hydrogen-bond donors (Lipinski definition) is 3. The molecule has 3 N–H and O–H groups in total. The highest BCUT2D eigenvalue weighted by molar-refractivity contribution is 6.01. The van der Waals surface area contributed by atoms with Crippen molar-refractivity contribution in [2.75, 3.05) is 14.2 Å². The molecule has 0 bridgehead atoms. The first-order valence-corrected chi connectivity index (χ1v) is 11.2. The Balaban J connectivity index is 1.78. The second-order valence-corrected chi connectivity index (χ2v) is 8.57. The smallest absolute Gasteiger partial charge is 0.328 e. The van der Waals surface area contributed by atoms with Gasteiger partial charge in [-0.2, -0.15) is 0 Å². The number of ether oxygens (including phenoxy) is 2. The topological polar surface area (TPSA) is 127 Å². The Morgan fingerprint density at radius 2 is 1.71 bits per heavy atom. The molecule has 0 saturated carbocycles. The molecule has 3 aromatic rings. The number of carbonyl (C=O) groups is 3. The monoisotopic (exact) mass is 482 g/mol. The van der Waals surface area contributed by atoms with E-state index in [4.69, 9.17) is 13.9 Å². The Kier molecular flexibility index (Phi) is 8.01. The van der Waals surface area contributed by atoms with Crippen LogP contribution >= 0.6 is 0 Å².